The molecule has 4 heterocycles. The minimum atomic E-state index is -1.17. The van der Waals surface area contributed by atoms with Crippen LogP contribution in [0.2, 0.25) is 0 Å². The van der Waals surface area contributed by atoms with E-state index in [4.69, 9.17) is 9.47 Å². The number of carbonyl (C=O) groups excluding carboxylic acids is 3. The first-order valence-corrected chi connectivity index (χ1v) is 14.2. The van der Waals surface area contributed by atoms with E-state index in [1.807, 2.05) is 29.7 Å². The number of amides is 3. The lowest BCUT2D eigenvalue weighted by Crippen LogP contribution is -2.57. The molecule has 1 aromatic carbocycles. The molecule has 1 spiro atoms. The Morgan fingerprint density at radius 3 is 2.79 bits per heavy atom. The zero-order chi connectivity index (χ0) is 26.4. The van der Waals surface area contributed by atoms with Crippen LogP contribution in [0.4, 0.5) is 5.69 Å². The van der Waals surface area contributed by atoms with Gasteiger partial charge in [0.2, 0.25) is 17.7 Å². The fraction of sp³-hybridized carbons (Fsp3) is 0.483. The van der Waals surface area contributed by atoms with Crippen LogP contribution in [-0.4, -0.2) is 53.5 Å². The largest absolute Gasteiger partial charge is 0.497 e. The quantitative estimate of drug-likeness (QED) is 0.527. The summed E-state index contributed by atoms with van der Waals surface area (Å²) in [5.74, 6) is -1.23. The molecule has 2 saturated heterocycles. The van der Waals surface area contributed by atoms with E-state index in [1.54, 1.807) is 47.6 Å². The molecule has 6 rings (SSSR count). The molecule has 7 atom stereocenters. The lowest BCUT2D eigenvalue weighted by molar-refractivity contribution is -0.142. The molecular formula is C29H33N3O5S. The van der Waals surface area contributed by atoms with Crippen LogP contribution in [0.15, 0.2) is 53.9 Å². The van der Waals surface area contributed by atoms with E-state index in [2.05, 4.69) is 17.6 Å². The number of nitrogens with zero attached hydrogens (tertiary/aromatic N) is 1. The predicted octanol–water partition coefficient (Wildman–Crippen LogP) is 3.74. The van der Waals surface area contributed by atoms with Crippen LogP contribution in [0.3, 0.4) is 0 Å². The molecule has 8 nitrogen and oxygen atoms in total. The van der Waals surface area contributed by atoms with Gasteiger partial charge in [0.25, 0.3) is 0 Å². The zero-order valence-electron chi connectivity index (χ0n) is 21.6. The van der Waals surface area contributed by atoms with Crippen molar-refractivity contribution in [3.8, 4) is 5.75 Å². The molecule has 9 heteroatoms. The fourth-order valence-electron chi connectivity index (χ4n) is 6.73. The Morgan fingerprint density at radius 1 is 1.18 bits per heavy atom. The summed E-state index contributed by atoms with van der Waals surface area (Å²) < 4.78 is 11.7. The predicted molar refractivity (Wildman–Crippen MR) is 144 cm³/mol. The first kappa shape index (κ1) is 25.1. The van der Waals surface area contributed by atoms with Crippen molar-refractivity contribution in [1.29, 1.82) is 0 Å². The van der Waals surface area contributed by atoms with Crippen LogP contribution in [0.25, 0.3) is 0 Å². The molecule has 2 bridgehead atoms. The standard InChI is InChI=1S/C29H33N3O5S/c1-17-7-3-4-11-21(17)31-27(34)25-29-13-12-22(37-29)23(26(33)30-18-8-5-9-19(15-18)36-2)24(29)28(35)32(25)16-20-10-6-14-38-20/h5-6,8-10,12-15,17,21-25H,3-4,7,11,16H2,1-2H3,(H,30,33)(H,31,34)/t17?,21?,22-,23?,24-,25?,29?/m1/s1. The molecule has 3 fully saturated rings. The smallest absolute Gasteiger partial charge is 0.246 e. The number of anilines is 1. The average molecular weight is 536 g/mol. The van der Waals surface area contributed by atoms with Gasteiger partial charge in [-0.15, -0.1) is 11.3 Å². The maximum Gasteiger partial charge on any atom is 0.246 e. The molecule has 0 radical (unpaired) electrons. The van der Waals surface area contributed by atoms with Gasteiger partial charge in [-0.1, -0.05) is 44.1 Å². The molecule has 3 aliphatic heterocycles. The number of fused-ring (bicyclic) bond motifs is 1. The van der Waals surface area contributed by atoms with Gasteiger partial charge in [0.05, 0.1) is 31.6 Å². The van der Waals surface area contributed by atoms with E-state index in [0.29, 0.717) is 23.9 Å². The third-order valence-corrected chi connectivity index (χ3v) is 9.47. The minimum Gasteiger partial charge on any atom is -0.497 e. The number of thiophene rings is 1. The van der Waals surface area contributed by atoms with Crippen molar-refractivity contribution in [3.05, 3.63) is 58.8 Å². The Labute approximate surface area is 226 Å². The summed E-state index contributed by atoms with van der Waals surface area (Å²) >= 11 is 1.54. The Hall–Kier alpha value is -3.17. The normalized spacial score (nSPS) is 33.3. The number of carbonyl (C=O) groups is 3. The molecular weight excluding hydrogens is 502 g/mol. The highest BCUT2D eigenvalue weighted by molar-refractivity contribution is 7.09. The summed E-state index contributed by atoms with van der Waals surface area (Å²) in [5.41, 5.74) is -0.589. The number of rotatable bonds is 7. The van der Waals surface area contributed by atoms with E-state index in [9.17, 15) is 14.4 Å². The van der Waals surface area contributed by atoms with Crippen molar-refractivity contribution in [2.45, 2.75) is 62.9 Å². The maximum absolute atomic E-state index is 14.1. The van der Waals surface area contributed by atoms with Gasteiger partial charge >= 0.3 is 0 Å². The summed E-state index contributed by atoms with van der Waals surface area (Å²) in [6, 6.07) is 10.2. The topological polar surface area (TPSA) is 97.0 Å². The third kappa shape index (κ3) is 4.12. The van der Waals surface area contributed by atoms with Crippen LogP contribution >= 0.6 is 11.3 Å². The van der Waals surface area contributed by atoms with Gasteiger partial charge < -0.3 is 25.0 Å². The van der Waals surface area contributed by atoms with E-state index in [0.717, 1.165) is 24.1 Å². The van der Waals surface area contributed by atoms with Crippen molar-refractivity contribution < 1.29 is 23.9 Å². The molecule has 1 aliphatic carbocycles. The van der Waals surface area contributed by atoms with Crippen LogP contribution in [-0.2, 0) is 25.7 Å². The van der Waals surface area contributed by atoms with Gasteiger partial charge in [0.15, 0.2) is 0 Å². The van der Waals surface area contributed by atoms with E-state index in [-0.39, 0.29) is 23.8 Å². The summed E-state index contributed by atoms with van der Waals surface area (Å²) in [7, 11) is 1.57. The fourth-order valence-corrected chi connectivity index (χ4v) is 7.43. The zero-order valence-corrected chi connectivity index (χ0v) is 22.4. The van der Waals surface area contributed by atoms with Crippen molar-refractivity contribution >= 4 is 34.7 Å². The highest BCUT2D eigenvalue weighted by Gasteiger charge is 2.72. The Kier molecular flexibility index (Phi) is 6.52. The average Bonchev–Trinajstić information content (AvgIpc) is 3.69. The van der Waals surface area contributed by atoms with Gasteiger partial charge in [-0.3, -0.25) is 14.4 Å². The van der Waals surface area contributed by atoms with Crippen molar-refractivity contribution in [1.82, 2.24) is 10.2 Å². The van der Waals surface area contributed by atoms with Crippen LogP contribution in [0.1, 0.15) is 37.5 Å². The Bertz CT molecular complexity index is 1260. The first-order chi connectivity index (χ1) is 18.4. The molecule has 38 heavy (non-hydrogen) atoms. The van der Waals surface area contributed by atoms with Gasteiger partial charge in [-0.05, 0) is 42.3 Å². The summed E-state index contributed by atoms with van der Waals surface area (Å²) in [5, 5.41) is 8.18. The number of benzene rings is 1. The highest BCUT2D eigenvalue weighted by atomic mass is 32.1. The number of hydrogen-bond acceptors (Lipinski definition) is 6. The van der Waals surface area contributed by atoms with Crippen molar-refractivity contribution in [3.63, 3.8) is 0 Å². The van der Waals surface area contributed by atoms with Crippen LogP contribution in [0, 0.1) is 17.8 Å². The van der Waals surface area contributed by atoms with Gasteiger partial charge in [0.1, 0.15) is 17.4 Å². The van der Waals surface area contributed by atoms with Gasteiger partial charge in [-0.25, -0.2) is 0 Å². The van der Waals surface area contributed by atoms with E-state index < -0.39 is 29.6 Å². The summed E-state index contributed by atoms with van der Waals surface area (Å²) in [4.78, 5) is 44.3. The number of hydrogen-bond donors (Lipinski definition) is 2. The highest BCUT2D eigenvalue weighted by Crippen LogP contribution is 2.55. The number of nitrogens with one attached hydrogen (secondary N) is 2. The second kappa shape index (κ2) is 9.85. The maximum atomic E-state index is 14.1. The SMILES string of the molecule is COc1cccc(NC(=O)C2[C@H]3C=CC4(O3)C(C(=O)NC3CCCCC3C)N(Cc3cccs3)C(=O)[C@@H]24)c1. The van der Waals surface area contributed by atoms with Crippen molar-refractivity contribution in [2.24, 2.45) is 17.8 Å². The molecule has 1 saturated carbocycles. The number of likely N-dealkylation sites (tertiary alicyclic amines) is 1. The molecule has 5 unspecified atom stereocenters. The second-order valence-corrected chi connectivity index (χ2v) is 11.9. The Morgan fingerprint density at radius 2 is 2.03 bits per heavy atom. The minimum absolute atomic E-state index is 0.0696. The monoisotopic (exact) mass is 535 g/mol. The molecule has 2 aromatic rings. The summed E-state index contributed by atoms with van der Waals surface area (Å²) in [6.45, 7) is 2.48. The third-order valence-electron chi connectivity index (χ3n) is 8.61. The van der Waals surface area contributed by atoms with Gasteiger partial charge in [0, 0.05) is 22.7 Å². The van der Waals surface area contributed by atoms with E-state index >= 15 is 0 Å². The number of methoxy groups -OCH3 is 1. The van der Waals surface area contributed by atoms with Crippen LogP contribution < -0.4 is 15.4 Å². The van der Waals surface area contributed by atoms with E-state index in [1.165, 1.54) is 6.42 Å². The molecule has 4 aliphatic rings. The van der Waals surface area contributed by atoms with Crippen LogP contribution in [0.5, 0.6) is 5.75 Å². The molecule has 200 valence electrons. The van der Waals surface area contributed by atoms with Gasteiger partial charge in [-0.2, -0.15) is 0 Å². The molecule has 1 aromatic heterocycles. The first-order valence-electron chi connectivity index (χ1n) is 13.4. The van der Waals surface area contributed by atoms with Crippen molar-refractivity contribution in [2.75, 3.05) is 12.4 Å². The Balaban J connectivity index is 1.31. The molecule has 3 amide bonds. The summed E-state index contributed by atoms with van der Waals surface area (Å²) in [6.07, 6.45) is 7.39. The second-order valence-electron chi connectivity index (χ2n) is 10.8. The lowest BCUT2D eigenvalue weighted by atomic mass is 9.74. The molecule has 2 N–H and O–H groups in total. The lowest BCUT2D eigenvalue weighted by Gasteiger charge is -2.35. The number of ether oxygens (including phenoxy) is 2.